The first kappa shape index (κ1) is 14.1. The molecule has 0 atom stereocenters. The molecular weight excluding hydrogens is 265 g/mol. The highest BCUT2D eigenvalue weighted by Gasteiger charge is 2.14. The van der Waals surface area contributed by atoms with Crippen molar-refractivity contribution in [2.75, 3.05) is 0 Å². The lowest BCUT2D eigenvalue weighted by Crippen LogP contribution is -2.34. The lowest BCUT2D eigenvalue weighted by atomic mass is 9.95. The zero-order valence-electron chi connectivity index (χ0n) is 10.7. The Morgan fingerprint density at radius 3 is 2.74 bits per heavy atom. The summed E-state index contributed by atoms with van der Waals surface area (Å²) < 4.78 is 13.0. The highest BCUT2D eigenvalue weighted by atomic mass is 35.5. The van der Waals surface area contributed by atoms with Crippen LogP contribution < -0.4 is 5.32 Å². The van der Waals surface area contributed by atoms with Crippen LogP contribution in [0.4, 0.5) is 4.39 Å². The molecule has 0 heterocycles. The standard InChI is InChI=1S/C15H17ClFNO/c16-13-10-11(6-8-14(13)17)7-9-15(19)18-12-4-2-1-3-5-12/h6-10,12H,1-5H2,(H,18,19)/b9-7-. The molecule has 102 valence electrons. The molecule has 0 aliphatic heterocycles. The van der Waals surface area contributed by atoms with Gasteiger partial charge in [0.1, 0.15) is 5.82 Å². The Labute approximate surface area is 117 Å². The van der Waals surface area contributed by atoms with Crippen LogP contribution in [-0.4, -0.2) is 11.9 Å². The predicted octanol–water partition coefficient (Wildman–Crippen LogP) is 3.94. The second-order valence-electron chi connectivity index (χ2n) is 4.85. The van der Waals surface area contributed by atoms with Crippen molar-refractivity contribution in [1.29, 1.82) is 0 Å². The van der Waals surface area contributed by atoms with Crippen molar-refractivity contribution in [2.45, 2.75) is 38.1 Å². The zero-order valence-corrected chi connectivity index (χ0v) is 11.4. The molecule has 1 N–H and O–H groups in total. The normalized spacial score (nSPS) is 16.7. The van der Waals surface area contributed by atoms with Gasteiger partial charge in [0, 0.05) is 12.1 Å². The van der Waals surface area contributed by atoms with E-state index < -0.39 is 5.82 Å². The fourth-order valence-corrected chi connectivity index (χ4v) is 2.47. The minimum absolute atomic E-state index is 0.0647. The van der Waals surface area contributed by atoms with Crippen molar-refractivity contribution in [3.63, 3.8) is 0 Å². The number of halogens is 2. The maximum Gasteiger partial charge on any atom is 0.244 e. The van der Waals surface area contributed by atoms with E-state index in [0.717, 1.165) is 12.8 Å². The SMILES string of the molecule is O=C(/C=C\c1ccc(F)c(Cl)c1)NC1CCCCC1. The summed E-state index contributed by atoms with van der Waals surface area (Å²) in [5, 5.41) is 3.05. The largest absolute Gasteiger partial charge is 0.350 e. The second-order valence-corrected chi connectivity index (χ2v) is 5.26. The first-order valence-electron chi connectivity index (χ1n) is 6.59. The topological polar surface area (TPSA) is 29.1 Å². The molecule has 1 aliphatic rings. The summed E-state index contributed by atoms with van der Waals surface area (Å²) in [5.41, 5.74) is 0.713. The zero-order chi connectivity index (χ0) is 13.7. The molecule has 0 aromatic heterocycles. The van der Waals surface area contributed by atoms with E-state index in [-0.39, 0.29) is 10.9 Å². The lowest BCUT2D eigenvalue weighted by Gasteiger charge is -2.21. The fourth-order valence-electron chi connectivity index (χ4n) is 2.28. The number of rotatable bonds is 3. The van der Waals surface area contributed by atoms with Gasteiger partial charge in [0.25, 0.3) is 0 Å². The summed E-state index contributed by atoms with van der Waals surface area (Å²) in [7, 11) is 0. The highest BCUT2D eigenvalue weighted by Crippen LogP contribution is 2.18. The van der Waals surface area contributed by atoms with E-state index in [0.29, 0.717) is 11.6 Å². The van der Waals surface area contributed by atoms with Crippen LogP contribution in [0.15, 0.2) is 24.3 Å². The maximum atomic E-state index is 13.0. The average molecular weight is 282 g/mol. The predicted molar refractivity (Wildman–Crippen MR) is 75.5 cm³/mol. The summed E-state index contributed by atoms with van der Waals surface area (Å²) >= 11 is 5.68. The van der Waals surface area contributed by atoms with E-state index in [1.165, 1.54) is 37.5 Å². The Bertz CT molecular complexity index is 481. The number of nitrogens with one attached hydrogen (secondary N) is 1. The van der Waals surface area contributed by atoms with E-state index in [9.17, 15) is 9.18 Å². The van der Waals surface area contributed by atoms with Crippen molar-refractivity contribution in [2.24, 2.45) is 0 Å². The minimum atomic E-state index is -0.453. The molecule has 4 heteroatoms. The highest BCUT2D eigenvalue weighted by molar-refractivity contribution is 6.30. The van der Waals surface area contributed by atoms with Crippen LogP contribution in [0.25, 0.3) is 6.08 Å². The van der Waals surface area contributed by atoms with Crippen molar-refractivity contribution in [3.8, 4) is 0 Å². The molecule has 1 aliphatic carbocycles. The van der Waals surface area contributed by atoms with Crippen molar-refractivity contribution >= 4 is 23.6 Å². The van der Waals surface area contributed by atoms with Crippen LogP contribution >= 0.6 is 11.6 Å². The van der Waals surface area contributed by atoms with E-state index in [4.69, 9.17) is 11.6 Å². The van der Waals surface area contributed by atoms with Gasteiger partial charge in [-0.15, -0.1) is 0 Å². The Morgan fingerprint density at radius 1 is 1.32 bits per heavy atom. The molecule has 2 nitrogen and oxygen atoms in total. The first-order chi connectivity index (χ1) is 9.15. The van der Waals surface area contributed by atoms with Gasteiger partial charge in [0.15, 0.2) is 0 Å². The van der Waals surface area contributed by atoms with Gasteiger partial charge in [-0.3, -0.25) is 4.79 Å². The molecule has 1 saturated carbocycles. The Morgan fingerprint density at radius 2 is 2.05 bits per heavy atom. The van der Waals surface area contributed by atoms with Crippen LogP contribution in [0.1, 0.15) is 37.7 Å². The third-order valence-corrected chi connectivity index (χ3v) is 3.61. The smallest absolute Gasteiger partial charge is 0.244 e. The van der Waals surface area contributed by atoms with Crippen molar-refractivity contribution < 1.29 is 9.18 Å². The van der Waals surface area contributed by atoms with E-state index >= 15 is 0 Å². The number of carbonyl (C=O) groups excluding carboxylic acids is 1. The van der Waals surface area contributed by atoms with E-state index in [1.807, 2.05) is 0 Å². The van der Waals surface area contributed by atoms with Crippen LogP contribution in [-0.2, 0) is 4.79 Å². The number of carbonyl (C=O) groups is 1. The van der Waals surface area contributed by atoms with Gasteiger partial charge in [-0.25, -0.2) is 4.39 Å². The Kier molecular flexibility index (Phi) is 4.97. The molecule has 0 unspecified atom stereocenters. The molecular formula is C15H17ClFNO. The summed E-state index contributed by atoms with van der Waals surface area (Å²) in [6, 6.07) is 4.68. The van der Waals surface area contributed by atoms with E-state index in [1.54, 1.807) is 12.1 Å². The van der Waals surface area contributed by atoms with Gasteiger partial charge in [0.2, 0.25) is 5.91 Å². The average Bonchev–Trinajstić information content (AvgIpc) is 2.41. The van der Waals surface area contributed by atoms with Crippen LogP contribution in [0.3, 0.4) is 0 Å². The molecule has 0 saturated heterocycles. The second kappa shape index (κ2) is 6.71. The first-order valence-corrected chi connectivity index (χ1v) is 6.96. The van der Waals surface area contributed by atoms with Gasteiger partial charge in [0.05, 0.1) is 5.02 Å². The lowest BCUT2D eigenvalue weighted by molar-refractivity contribution is -0.117. The number of benzene rings is 1. The molecule has 0 bridgehead atoms. The third-order valence-electron chi connectivity index (χ3n) is 3.32. The molecule has 1 fully saturated rings. The quantitative estimate of drug-likeness (QED) is 0.836. The van der Waals surface area contributed by atoms with Crippen molar-refractivity contribution in [1.82, 2.24) is 5.32 Å². The van der Waals surface area contributed by atoms with Gasteiger partial charge in [-0.05, 0) is 36.6 Å². The Hall–Kier alpha value is -1.35. The summed E-state index contributed by atoms with van der Waals surface area (Å²) in [6.07, 6.45) is 8.85. The molecule has 2 rings (SSSR count). The van der Waals surface area contributed by atoms with Gasteiger partial charge in [-0.1, -0.05) is 36.9 Å². The molecule has 0 radical (unpaired) electrons. The molecule has 1 aromatic rings. The van der Waals surface area contributed by atoms with Crippen LogP contribution in [0.2, 0.25) is 5.02 Å². The van der Waals surface area contributed by atoms with Crippen LogP contribution in [0, 0.1) is 5.82 Å². The minimum Gasteiger partial charge on any atom is -0.350 e. The van der Waals surface area contributed by atoms with E-state index in [2.05, 4.69) is 5.32 Å². The molecule has 0 spiro atoms. The summed E-state index contributed by atoms with van der Waals surface area (Å²) in [6.45, 7) is 0. The molecule has 1 amide bonds. The fraction of sp³-hybridized carbons (Fsp3) is 0.400. The van der Waals surface area contributed by atoms with Gasteiger partial charge >= 0.3 is 0 Å². The number of amides is 1. The summed E-state index contributed by atoms with van der Waals surface area (Å²) in [4.78, 5) is 11.7. The summed E-state index contributed by atoms with van der Waals surface area (Å²) in [5.74, 6) is -0.558. The monoisotopic (exact) mass is 281 g/mol. The van der Waals surface area contributed by atoms with Gasteiger partial charge in [-0.2, -0.15) is 0 Å². The third kappa shape index (κ3) is 4.35. The number of hydrogen-bond donors (Lipinski definition) is 1. The van der Waals surface area contributed by atoms with Crippen LogP contribution in [0.5, 0.6) is 0 Å². The molecule has 1 aromatic carbocycles. The van der Waals surface area contributed by atoms with Gasteiger partial charge < -0.3 is 5.32 Å². The Balaban J connectivity index is 1.90. The maximum absolute atomic E-state index is 13.0. The number of hydrogen-bond acceptors (Lipinski definition) is 1. The molecule has 19 heavy (non-hydrogen) atoms. The van der Waals surface area contributed by atoms with Crippen molar-refractivity contribution in [3.05, 3.63) is 40.7 Å².